The molecule has 1 N–H and O–H groups in total. The maximum atomic E-state index is 13.4. The lowest BCUT2D eigenvalue weighted by Crippen LogP contribution is -2.30. The van der Waals surface area contributed by atoms with Crippen LogP contribution in [-0.4, -0.2) is 23.9 Å². The van der Waals surface area contributed by atoms with Gasteiger partial charge in [-0.3, -0.25) is 14.5 Å². The lowest BCUT2D eigenvalue weighted by Gasteiger charge is -2.27. The molecule has 0 aliphatic carbocycles. The molecule has 0 aromatic heterocycles. The van der Waals surface area contributed by atoms with E-state index in [1.54, 1.807) is 18.2 Å². The normalized spacial score (nSPS) is 17.5. The van der Waals surface area contributed by atoms with Gasteiger partial charge in [-0.2, -0.15) is 0 Å². The summed E-state index contributed by atoms with van der Waals surface area (Å²) in [4.78, 5) is 28.2. The van der Waals surface area contributed by atoms with Crippen LogP contribution in [0, 0.1) is 20.8 Å². The molecule has 0 saturated carbocycles. The van der Waals surface area contributed by atoms with Gasteiger partial charge in [-0.05, 0) is 55.7 Å². The molecule has 4 rings (SSSR count). The molecular weight excluding hydrogens is 438 g/mol. The first-order valence-corrected chi connectivity index (χ1v) is 10.9. The number of aryl methyl sites for hydroxylation is 3. The zero-order valence-corrected chi connectivity index (χ0v) is 19.6. The number of amides is 1. The fourth-order valence-corrected chi connectivity index (χ4v) is 4.68. The molecule has 1 aliphatic rings. The van der Waals surface area contributed by atoms with Crippen molar-refractivity contribution in [1.82, 2.24) is 0 Å². The van der Waals surface area contributed by atoms with E-state index < -0.39 is 17.7 Å². The van der Waals surface area contributed by atoms with Crippen LogP contribution >= 0.6 is 11.6 Å². The van der Waals surface area contributed by atoms with Gasteiger partial charge in [-0.1, -0.05) is 59.6 Å². The van der Waals surface area contributed by atoms with Crippen molar-refractivity contribution in [1.29, 1.82) is 0 Å². The summed E-state index contributed by atoms with van der Waals surface area (Å²) in [5, 5.41) is 11.8. The predicted octanol–water partition coefficient (Wildman–Crippen LogP) is 5.90. The second-order valence-corrected chi connectivity index (χ2v) is 8.60. The maximum absolute atomic E-state index is 13.4. The highest BCUT2D eigenvalue weighted by atomic mass is 35.5. The van der Waals surface area contributed by atoms with E-state index in [9.17, 15) is 14.7 Å². The first-order valence-electron chi connectivity index (χ1n) is 10.5. The maximum Gasteiger partial charge on any atom is 0.300 e. The topological polar surface area (TPSA) is 66.8 Å². The summed E-state index contributed by atoms with van der Waals surface area (Å²) >= 11 is 6.35. The first kappa shape index (κ1) is 22.6. The van der Waals surface area contributed by atoms with E-state index in [0.717, 1.165) is 22.3 Å². The monoisotopic (exact) mass is 461 g/mol. The van der Waals surface area contributed by atoms with Crippen molar-refractivity contribution < 1.29 is 19.4 Å². The fourth-order valence-electron chi connectivity index (χ4n) is 4.33. The number of hydrogen-bond acceptors (Lipinski definition) is 4. The fraction of sp³-hybridized carbons (Fsp3) is 0.185. The number of ketones is 1. The van der Waals surface area contributed by atoms with E-state index >= 15 is 0 Å². The van der Waals surface area contributed by atoms with Crippen molar-refractivity contribution in [2.75, 3.05) is 12.0 Å². The van der Waals surface area contributed by atoms with Crippen molar-refractivity contribution in [3.8, 4) is 5.75 Å². The molecule has 0 spiro atoms. The molecular formula is C27H24ClNO4. The van der Waals surface area contributed by atoms with Crippen molar-refractivity contribution >= 4 is 34.7 Å². The smallest absolute Gasteiger partial charge is 0.300 e. The number of aliphatic hydroxyl groups is 1. The number of aliphatic hydroxyl groups excluding tert-OH is 1. The number of ether oxygens (including phenoxy) is 1. The summed E-state index contributed by atoms with van der Waals surface area (Å²) in [5.74, 6) is -1.54. The molecule has 1 heterocycles. The Hall–Kier alpha value is -3.57. The van der Waals surface area contributed by atoms with Crippen LogP contribution in [0.4, 0.5) is 5.69 Å². The summed E-state index contributed by atoms with van der Waals surface area (Å²) in [7, 11) is 1.44. The molecule has 5 nitrogen and oxygen atoms in total. The second-order valence-electron chi connectivity index (χ2n) is 8.20. The largest absolute Gasteiger partial charge is 0.507 e. The highest BCUT2D eigenvalue weighted by Crippen LogP contribution is 2.45. The van der Waals surface area contributed by atoms with Crippen LogP contribution in [0.1, 0.15) is 33.9 Å². The number of carbonyl (C=O) groups is 2. The number of benzene rings is 3. The van der Waals surface area contributed by atoms with Gasteiger partial charge in [0.05, 0.1) is 29.3 Å². The Labute approximate surface area is 197 Å². The Morgan fingerprint density at radius 2 is 1.70 bits per heavy atom. The van der Waals surface area contributed by atoms with E-state index in [2.05, 4.69) is 0 Å². The van der Waals surface area contributed by atoms with Gasteiger partial charge in [0.2, 0.25) is 0 Å². The highest BCUT2D eigenvalue weighted by molar-refractivity contribution is 6.52. The van der Waals surface area contributed by atoms with E-state index in [0.29, 0.717) is 10.7 Å². The number of rotatable bonds is 4. The molecule has 1 atom stereocenters. The van der Waals surface area contributed by atoms with E-state index in [1.807, 2.05) is 63.2 Å². The van der Waals surface area contributed by atoms with Crippen LogP contribution in [0.3, 0.4) is 0 Å². The summed E-state index contributed by atoms with van der Waals surface area (Å²) in [5.41, 5.74) is 4.18. The number of para-hydroxylation sites is 1. The van der Waals surface area contributed by atoms with Crippen molar-refractivity contribution in [2.45, 2.75) is 26.8 Å². The molecule has 168 valence electrons. The van der Waals surface area contributed by atoms with Gasteiger partial charge in [0.25, 0.3) is 11.7 Å². The van der Waals surface area contributed by atoms with Crippen molar-refractivity contribution in [2.24, 2.45) is 0 Å². The van der Waals surface area contributed by atoms with Crippen LogP contribution in [0.2, 0.25) is 5.02 Å². The average molecular weight is 462 g/mol. The lowest BCUT2D eigenvalue weighted by molar-refractivity contribution is -0.132. The number of anilines is 1. The zero-order valence-electron chi connectivity index (χ0n) is 18.8. The molecule has 0 radical (unpaired) electrons. The Morgan fingerprint density at radius 3 is 2.36 bits per heavy atom. The number of Topliss-reactive ketones (excluding diaryl/α,β-unsaturated/α-hetero) is 1. The quantitative estimate of drug-likeness (QED) is 0.298. The molecule has 6 heteroatoms. The number of nitrogens with zero attached hydrogens (tertiary/aromatic N) is 1. The Morgan fingerprint density at radius 1 is 0.970 bits per heavy atom. The SMILES string of the molecule is COc1c(Cl)cc(C)cc1/C(O)=C1\C(=O)C(=O)N(c2ccccc2C)C1c1cccc(C)c1. The number of carbonyl (C=O) groups excluding carboxylic acids is 2. The van der Waals surface area contributed by atoms with Gasteiger partial charge >= 0.3 is 0 Å². The van der Waals surface area contributed by atoms with E-state index in [1.165, 1.54) is 12.0 Å². The van der Waals surface area contributed by atoms with Crippen LogP contribution < -0.4 is 9.64 Å². The molecule has 1 aliphatic heterocycles. The third kappa shape index (κ3) is 3.89. The van der Waals surface area contributed by atoms with Gasteiger partial charge in [0.1, 0.15) is 11.5 Å². The van der Waals surface area contributed by atoms with Gasteiger partial charge < -0.3 is 9.84 Å². The van der Waals surface area contributed by atoms with Crippen LogP contribution in [0.5, 0.6) is 5.75 Å². The summed E-state index contributed by atoms with van der Waals surface area (Å²) in [6, 6.07) is 17.5. The minimum absolute atomic E-state index is 0.00572. The predicted molar refractivity (Wildman–Crippen MR) is 130 cm³/mol. The van der Waals surface area contributed by atoms with Crippen LogP contribution in [0.15, 0.2) is 66.2 Å². The first-order chi connectivity index (χ1) is 15.7. The molecule has 3 aromatic carbocycles. The van der Waals surface area contributed by atoms with Gasteiger partial charge in [0.15, 0.2) is 0 Å². The molecule has 0 bridgehead atoms. The van der Waals surface area contributed by atoms with Gasteiger partial charge in [0, 0.05) is 5.69 Å². The Kier molecular flexibility index (Phi) is 6.00. The summed E-state index contributed by atoms with van der Waals surface area (Å²) in [6.07, 6.45) is 0. The van der Waals surface area contributed by atoms with Crippen LogP contribution in [-0.2, 0) is 9.59 Å². The van der Waals surface area contributed by atoms with E-state index in [-0.39, 0.29) is 22.6 Å². The minimum atomic E-state index is -0.810. The standard InChI is InChI=1S/C27H24ClNO4/c1-15-8-7-10-18(12-15)23-22(24(30)19-13-16(2)14-20(28)26(19)33-4)25(31)27(32)29(23)21-11-6-5-9-17(21)3/h5-14,23,30H,1-4H3/b24-22+. The lowest BCUT2D eigenvalue weighted by atomic mass is 9.93. The molecule has 3 aromatic rings. The van der Waals surface area contributed by atoms with Crippen molar-refractivity contribution in [3.05, 3.63) is 99.1 Å². The third-order valence-corrected chi connectivity index (χ3v) is 6.11. The highest BCUT2D eigenvalue weighted by Gasteiger charge is 2.47. The summed E-state index contributed by atoms with van der Waals surface area (Å²) in [6.45, 7) is 5.64. The van der Waals surface area contributed by atoms with Crippen molar-refractivity contribution in [3.63, 3.8) is 0 Å². The molecule has 1 fully saturated rings. The van der Waals surface area contributed by atoms with E-state index in [4.69, 9.17) is 16.3 Å². The molecule has 1 unspecified atom stereocenters. The molecule has 1 amide bonds. The number of halogens is 1. The average Bonchev–Trinajstić information content (AvgIpc) is 3.04. The number of methoxy groups -OCH3 is 1. The number of hydrogen-bond donors (Lipinski definition) is 1. The van der Waals surface area contributed by atoms with Gasteiger partial charge in [-0.15, -0.1) is 0 Å². The third-order valence-electron chi connectivity index (χ3n) is 5.82. The molecule has 1 saturated heterocycles. The molecule has 33 heavy (non-hydrogen) atoms. The Bertz CT molecular complexity index is 1310. The Balaban J connectivity index is 2.04. The second kappa shape index (κ2) is 8.75. The summed E-state index contributed by atoms with van der Waals surface area (Å²) < 4.78 is 5.43. The minimum Gasteiger partial charge on any atom is -0.507 e. The van der Waals surface area contributed by atoms with Gasteiger partial charge in [-0.25, -0.2) is 0 Å². The zero-order chi connectivity index (χ0) is 23.9. The van der Waals surface area contributed by atoms with Crippen LogP contribution in [0.25, 0.3) is 5.76 Å².